The molecule has 0 aliphatic heterocycles. The van der Waals surface area contributed by atoms with Gasteiger partial charge in [0.25, 0.3) is 0 Å². The summed E-state index contributed by atoms with van der Waals surface area (Å²) in [5, 5.41) is 7.29. The number of hydrogen-bond donors (Lipinski definition) is 2. The zero-order valence-corrected chi connectivity index (χ0v) is 12.9. The molecule has 0 unspecified atom stereocenters. The van der Waals surface area contributed by atoms with Gasteiger partial charge in [-0.15, -0.1) is 5.10 Å². The first-order chi connectivity index (χ1) is 9.19. The van der Waals surface area contributed by atoms with E-state index < -0.39 is 0 Å². The first-order valence-corrected chi connectivity index (χ1v) is 7.60. The third-order valence-electron chi connectivity index (χ3n) is 2.55. The van der Waals surface area contributed by atoms with Crippen LogP contribution in [0.1, 0.15) is 12.0 Å². The molecule has 19 heavy (non-hydrogen) atoms. The number of aromatic amines is 1. The van der Waals surface area contributed by atoms with Gasteiger partial charge in [0.2, 0.25) is 11.1 Å². The lowest BCUT2D eigenvalue weighted by atomic mass is 10.1. The molecule has 0 atom stereocenters. The van der Waals surface area contributed by atoms with Crippen LogP contribution >= 0.6 is 27.7 Å². The van der Waals surface area contributed by atoms with Gasteiger partial charge in [0.15, 0.2) is 0 Å². The monoisotopic (exact) mass is 342 g/mol. The Labute approximate surface area is 124 Å². The van der Waals surface area contributed by atoms with E-state index in [1.54, 1.807) is 18.9 Å². The molecule has 0 saturated heterocycles. The fraction of sp³-hybridized carbons (Fsp3) is 0.333. The van der Waals surface area contributed by atoms with Gasteiger partial charge in [0.1, 0.15) is 5.75 Å². The number of H-pyrrole nitrogens is 1. The van der Waals surface area contributed by atoms with Gasteiger partial charge in [-0.05, 0) is 30.5 Å². The van der Waals surface area contributed by atoms with Gasteiger partial charge in [-0.3, -0.25) is 0 Å². The Morgan fingerprint density at radius 3 is 3.00 bits per heavy atom. The number of aromatic nitrogens is 3. The van der Waals surface area contributed by atoms with E-state index >= 15 is 0 Å². The number of thioether (sulfide) groups is 1. The summed E-state index contributed by atoms with van der Waals surface area (Å²) >= 11 is 5.03. The second kappa shape index (κ2) is 6.81. The minimum atomic E-state index is 0.358. The highest BCUT2D eigenvalue weighted by molar-refractivity contribution is 9.10. The number of anilines is 1. The second-order valence-electron chi connectivity index (χ2n) is 3.91. The van der Waals surface area contributed by atoms with Crippen molar-refractivity contribution in [2.75, 3.05) is 18.6 Å². The molecule has 0 spiro atoms. The summed E-state index contributed by atoms with van der Waals surface area (Å²) in [6.07, 6.45) is 1.99. The molecule has 1 heterocycles. The maximum absolute atomic E-state index is 5.46. The van der Waals surface area contributed by atoms with Crippen molar-refractivity contribution in [1.82, 2.24) is 15.2 Å². The van der Waals surface area contributed by atoms with Crippen molar-refractivity contribution in [3.8, 4) is 5.75 Å². The topological polar surface area (TPSA) is 76.8 Å². The van der Waals surface area contributed by atoms with Crippen LogP contribution in [0.2, 0.25) is 0 Å². The first-order valence-electron chi connectivity index (χ1n) is 5.82. The highest BCUT2D eigenvalue weighted by Crippen LogP contribution is 2.25. The number of nitrogen functional groups attached to an aromatic ring is 1. The Bertz CT molecular complexity index is 546. The summed E-state index contributed by atoms with van der Waals surface area (Å²) in [5.41, 5.74) is 6.67. The van der Waals surface area contributed by atoms with Crippen LogP contribution in [-0.2, 0) is 6.42 Å². The number of methoxy groups -OCH3 is 1. The molecule has 2 rings (SSSR count). The third kappa shape index (κ3) is 4.14. The SMILES string of the molecule is COc1cc(Br)ccc1CCCSc1n[nH]c(N)n1. The van der Waals surface area contributed by atoms with Crippen molar-refractivity contribution in [2.45, 2.75) is 18.0 Å². The number of nitrogens with zero attached hydrogens (tertiary/aromatic N) is 2. The Balaban J connectivity index is 1.82. The van der Waals surface area contributed by atoms with E-state index in [-0.39, 0.29) is 0 Å². The van der Waals surface area contributed by atoms with E-state index in [4.69, 9.17) is 10.5 Å². The van der Waals surface area contributed by atoms with Crippen LogP contribution in [0.15, 0.2) is 27.8 Å². The van der Waals surface area contributed by atoms with Crippen molar-refractivity contribution < 1.29 is 4.74 Å². The lowest BCUT2D eigenvalue weighted by Gasteiger charge is -2.08. The van der Waals surface area contributed by atoms with Crippen LogP contribution in [0.25, 0.3) is 0 Å². The van der Waals surface area contributed by atoms with E-state index in [9.17, 15) is 0 Å². The summed E-state index contributed by atoms with van der Waals surface area (Å²) in [7, 11) is 1.69. The molecular formula is C12H15BrN4OS. The van der Waals surface area contributed by atoms with Crippen molar-refractivity contribution in [3.05, 3.63) is 28.2 Å². The number of benzene rings is 1. The molecule has 5 nitrogen and oxygen atoms in total. The minimum absolute atomic E-state index is 0.358. The maximum atomic E-state index is 5.46. The van der Waals surface area contributed by atoms with Crippen molar-refractivity contribution in [1.29, 1.82) is 0 Å². The minimum Gasteiger partial charge on any atom is -0.496 e. The van der Waals surface area contributed by atoms with Gasteiger partial charge in [-0.2, -0.15) is 4.98 Å². The van der Waals surface area contributed by atoms with Crippen molar-refractivity contribution >= 4 is 33.6 Å². The smallest absolute Gasteiger partial charge is 0.216 e. The molecule has 0 bridgehead atoms. The molecule has 0 amide bonds. The summed E-state index contributed by atoms with van der Waals surface area (Å²) < 4.78 is 6.39. The number of aryl methyl sites for hydroxylation is 1. The van der Waals surface area contributed by atoms with Crippen LogP contribution in [0.4, 0.5) is 5.95 Å². The van der Waals surface area contributed by atoms with Crippen molar-refractivity contribution in [2.24, 2.45) is 0 Å². The van der Waals surface area contributed by atoms with Gasteiger partial charge in [0, 0.05) is 10.2 Å². The van der Waals surface area contributed by atoms with Gasteiger partial charge < -0.3 is 10.5 Å². The van der Waals surface area contributed by atoms with Crippen LogP contribution < -0.4 is 10.5 Å². The van der Waals surface area contributed by atoms with Gasteiger partial charge in [-0.25, -0.2) is 5.10 Å². The number of rotatable bonds is 6. The fourth-order valence-electron chi connectivity index (χ4n) is 1.67. The number of hydrogen-bond acceptors (Lipinski definition) is 5. The van der Waals surface area contributed by atoms with Crippen molar-refractivity contribution in [3.63, 3.8) is 0 Å². The number of halogens is 1. The van der Waals surface area contributed by atoms with E-state index in [1.807, 2.05) is 12.1 Å². The molecule has 0 radical (unpaired) electrons. The Morgan fingerprint density at radius 2 is 2.32 bits per heavy atom. The summed E-state index contributed by atoms with van der Waals surface area (Å²) in [5.74, 6) is 2.22. The summed E-state index contributed by atoms with van der Waals surface area (Å²) in [6, 6.07) is 6.10. The fourth-order valence-corrected chi connectivity index (χ4v) is 2.76. The molecule has 1 aromatic heterocycles. The molecule has 0 saturated carbocycles. The molecule has 2 aromatic rings. The van der Waals surface area contributed by atoms with Gasteiger partial charge in [-0.1, -0.05) is 33.8 Å². The average Bonchev–Trinajstić information content (AvgIpc) is 2.81. The van der Waals surface area contributed by atoms with E-state index in [1.165, 1.54) is 5.56 Å². The maximum Gasteiger partial charge on any atom is 0.216 e. The average molecular weight is 343 g/mol. The molecule has 1 aromatic carbocycles. The van der Waals surface area contributed by atoms with E-state index in [0.29, 0.717) is 11.1 Å². The Kier molecular flexibility index (Phi) is 5.09. The zero-order valence-electron chi connectivity index (χ0n) is 10.5. The molecule has 3 N–H and O–H groups in total. The molecule has 102 valence electrons. The highest BCUT2D eigenvalue weighted by Gasteiger charge is 2.05. The van der Waals surface area contributed by atoms with Crippen LogP contribution in [-0.4, -0.2) is 28.0 Å². The number of nitrogens with one attached hydrogen (secondary N) is 1. The Morgan fingerprint density at radius 1 is 1.47 bits per heavy atom. The standard InChI is InChI=1S/C12H15BrN4OS/c1-18-10-7-9(13)5-4-8(10)3-2-6-19-12-15-11(14)16-17-12/h4-5,7H,2-3,6H2,1H3,(H3,14,15,16,17). The molecular weight excluding hydrogens is 328 g/mol. The van der Waals surface area contributed by atoms with Gasteiger partial charge in [0.05, 0.1) is 7.11 Å². The molecule has 7 heteroatoms. The van der Waals surface area contributed by atoms with Crippen LogP contribution in [0, 0.1) is 0 Å². The predicted octanol–water partition coefficient (Wildman–Crippen LogP) is 2.88. The molecule has 0 aliphatic carbocycles. The quantitative estimate of drug-likeness (QED) is 0.623. The third-order valence-corrected chi connectivity index (χ3v) is 3.98. The Hall–Kier alpha value is -1.21. The highest BCUT2D eigenvalue weighted by atomic mass is 79.9. The van der Waals surface area contributed by atoms with Gasteiger partial charge >= 0.3 is 0 Å². The van der Waals surface area contributed by atoms with Crippen LogP contribution in [0.5, 0.6) is 5.75 Å². The predicted molar refractivity (Wildman–Crippen MR) is 80.5 cm³/mol. The normalized spacial score (nSPS) is 10.6. The van der Waals surface area contributed by atoms with E-state index in [0.717, 1.165) is 28.8 Å². The number of nitrogens with two attached hydrogens (primary N) is 1. The lowest BCUT2D eigenvalue weighted by Crippen LogP contribution is -1.94. The molecule has 0 aliphatic rings. The molecule has 0 fully saturated rings. The van der Waals surface area contributed by atoms with E-state index in [2.05, 4.69) is 37.2 Å². The summed E-state index contributed by atoms with van der Waals surface area (Å²) in [4.78, 5) is 4.04. The van der Waals surface area contributed by atoms with Crippen LogP contribution in [0.3, 0.4) is 0 Å². The lowest BCUT2D eigenvalue weighted by molar-refractivity contribution is 0.409. The second-order valence-corrected chi connectivity index (χ2v) is 5.89. The number of ether oxygens (including phenoxy) is 1. The summed E-state index contributed by atoms with van der Waals surface area (Å²) in [6.45, 7) is 0. The first kappa shape index (κ1) is 14.2. The largest absolute Gasteiger partial charge is 0.496 e. The zero-order chi connectivity index (χ0) is 13.7.